The normalized spacial score (nSPS) is 17.9. The van der Waals surface area contributed by atoms with Crippen LogP contribution in [0.3, 0.4) is 0 Å². The standard InChI is InChI=1S/C20H16ClF2NS/c1-13-2-3-14(12-24-11-13)20(18-10-16(22)6-9-19(18)23)25-17-7-4-15(21)5-8-17/h2-13,20H,1H3/t13-,20?/m1/s1. The van der Waals surface area contributed by atoms with Crippen molar-refractivity contribution in [1.29, 1.82) is 0 Å². The van der Waals surface area contributed by atoms with Gasteiger partial charge in [-0.25, -0.2) is 8.78 Å². The van der Waals surface area contributed by atoms with Crippen molar-refractivity contribution in [1.82, 2.24) is 0 Å². The summed E-state index contributed by atoms with van der Waals surface area (Å²) in [7, 11) is 0. The zero-order valence-corrected chi connectivity index (χ0v) is 15.1. The summed E-state index contributed by atoms with van der Waals surface area (Å²) in [5.41, 5.74) is 1.10. The maximum absolute atomic E-state index is 14.4. The van der Waals surface area contributed by atoms with E-state index in [2.05, 4.69) is 4.99 Å². The molecule has 1 aliphatic rings. The van der Waals surface area contributed by atoms with Crippen LogP contribution in [0.15, 0.2) is 76.3 Å². The Labute approximate surface area is 155 Å². The van der Waals surface area contributed by atoms with E-state index in [0.717, 1.165) is 22.6 Å². The van der Waals surface area contributed by atoms with E-state index >= 15 is 0 Å². The highest BCUT2D eigenvalue weighted by molar-refractivity contribution is 7.99. The monoisotopic (exact) mass is 375 g/mol. The largest absolute Gasteiger partial charge is 0.268 e. The Balaban J connectivity index is 2.03. The molecule has 0 bridgehead atoms. The molecule has 3 rings (SSSR count). The van der Waals surface area contributed by atoms with Crippen LogP contribution in [0.25, 0.3) is 0 Å². The number of aliphatic imine (C=N–C) groups is 1. The van der Waals surface area contributed by atoms with Crippen molar-refractivity contribution in [3.63, 3.8) is 0 Å². The zero-order chi connectivity index (χ0) is 17.8. The van der Waals surface area contributed by atoms with Gasteiger partial charge in [-0.3, -0.25) is 4.99 Å². The molecule has 25 heavy (non-hydrogen) atoms. The van der Waals surface area contributed by atoms with Crippen LogP contribution in [0.5, 0.6) is 0 Å². The molecule has 1 heterocycles. The minimum Gasteiger partial charge on any atom is -0.268 e. The van der Waals surface area contributed by atoms with Crippen LogP contribution in [0.2, 0.25) is 5.02 Å². The van der Waals surface area contributed by atoms with Gasteiger partial charge in [0.25, 0.3) is 0 Å². The summed E-state index contributed by atoms with van der Waals surface area (Å²) in [5.74, 6) is -0.719. The first-order valence-electron chi connectivity index (χ1n) is 7.81. The fraction of sp³-hybridized carbons (Fsp3) is 0.150. The minimum absolute atomic E-state index is 0.187. The van der Waals surface area contributed by atoms with Crippen molar-refractivity contribution in [2.45, 2.75) is 17.1 Å². The van der Waals surface area contributed by atoms with Gasteiger partial charge in [-0.05, 0) is 48.0 Å². The van der Waals surface area contributed by atoms with Gasteiger partial charge in [-0.1, -0.05) is 30.7 Å². The summed E-state index contributed by atoms with van der Waals surface area (Å²) < 4.78 is 28.2. The van der Waals surface area contributed by atoms with E-state index in [4.69, 9.17) is 11.6 Å². The fourth-order valence-corrected chi connectivity index (χ4v) is 3.73. The van der Waals surface area contributed by atoms with Gasteiger partial charge in [0.05, 0.1) is 5.25 Å². The Morgan fingerprint density at radius 1 is 1.12 bits per heavy atom. The topological polar surface area (TPSA) is 12.4 Å². The van der Waals surface area contributed by atoms with Gasteiger partial charge in [0, 0.05) is 33.8 Å². The summed E-state index contributed by atoms with van der Waals surface area (Å²) in [5, 5.41) is 0.209. The third kappa shape index (κ3) is 4.59. The molecule has 0 aliphatic carbocycles. The molecule has 1 unspecified atom stereocenters. The molecule has 2 atom stereocenters. The van der Waals surface area contributed by atoms with Gasteiger partial charge in [-0.2, -0.15) is 0 Å². The molecule has 0 saturated carbocycles. The van der Waals surface area contributed by atoms with Crippen LogP contribution in [0.4, 0.5) is 8.78 Å². The minimum atomic E-state index is -0.465. The van der Waals surface area contributed by atoms with Crippen LogP contribution in [-0.2, 0) is 0 Å². The SMILES string of the molecule is C[C@@H]1C=CC(C(Sc2ccc(Cl)cc2)c2cc(F)ccc2F)=CN=C1. The average molecular weight is 376 g/mol. The second-order valence-corrected chi connectivity index (χ2v) is 7.38. The first-order chi connectivity index (χ1) is 12.0. The second-order valence-electron chi connectivity index (χ2n) is 5.76. The summed E-state index contributed by atoms with van der Waals surface area (Å²) in [4.78, 5) is 5.20. The lowest BCUT2D eigenvalue weighted by molar-refractivity contribution is 0.587. The first kappa shape index (κ1) is 17.9. The number of allylic oxidation sites excluding steroid dienone is 2. The number of halogens is 3. The molecule has 0 fully saturated rings. The number of hydrogen-bond acceptors (Lipinski definition) is 2. The number of nitrogens with zero attached hydrogens (tertiary/aromatic N) is 1. The lowest BCUT2D eigenvalue weighted by Crippen LogP contribution is -2.01. The zero-order valence-electron chi connectivity index (χ0n) is 13.5. The number of benzene rings is 2. The summed E-state index contributed by atoms with van der Waals surface area (Å²) in [6, 6.07) is 10.8. The Kier molecular flexibility index (Phi) is 5.71. The van der Waals surface area contributed by atoms with E-state index in [1.165, 1.54) is 17.8 Å². The van der Waals surface area contributed by atoms with E-state index in [0.29, 0.717) is 10.6 Å². The molecule has 128 valence electrons. The van der Waals surface area contributed by atoms with Crippen LogP contribution in [-0.4, -0.2) is 6.21 Å². The first-order valence-corrected chi connectivity index (χ1v) is 9.07. The van der Waals surface area contributed by atoms with Crippen LogP contribution in [0.1, 0.15) is 17.7 Å². The van der Waals surface area contributed by atoms with Crippen molar-refractivity contribution in [3.8, 4) is 0 Å². The van der Waals surface area contributed by atoms with Gasteiger partial charge in [0.1, 0.15) is 11.6 Å². The molecular weight excluding hydrogens is 360 g/mol. The molecule has 5 heteroatoms. The molecule has 0 saturated heterocycles. The molecule has 1 nitrogen and oxygen atoms in total. The number of rotatable bonds is 4. The van der Waals surface area contributed by atoms with Gasteiger partial charge < -0.3 is 0 Å². The van der Waals surface area contributed by atoms with Gasteiger partial charge in [0.2, 0.25) is 0 Å². The molecule has 0 aromatic heterocycles. The van der Waals surface area contributed by atoms with Crippen LogP contribution in [0, 0.1) is 17.6 Å². The third-order valence-electron chi connectivity index (χ3n) is 3.75. The highest BCUT2D eigenvalue weighted by Gasteiger charge is 2.22. The summed E-state index contributed by atoms with van der Waals surface area (Å²) in [6.07, 6.45) is 7.44. The van der Waals surface area contributed by atoms with Crippen molar-refractivity contribution in [2.24, 2.45) is 10.9 Å². The molecule has 0 spiro atoms. The van der Waals surface area contributed by atoms with E-state index in [1.807, 2.05) is 37.4 Å². The predicted molar refractivity (Wildman–Crippen MR) is 101 cm³/mol. The van der Waals surface area contributed by atoms with E-state index in [-0.39, 0.29) is 5.92 Å². The van der Waals surface area contributed by atoms with Gasteiger partial charge in [-0.15, -0.1) is 11.8 Å². The van der Waals surface area contributed by atoms with Gasteiger partial charge >= 0.3 is 0 Å². The highest BCUT2D eigenvalue weighted by Crippen LogP contribution is 2.43. The smallest absolute Gasteiger partial charge is 0.128 e. The Morgan fingerprint density at radius 2 is 1.88 bits per heavy atom. The fourth-order valence-electron chi connectivity index (χ4n) is 2.45. The Hall–Kier alpha value is -1.91. The molecule has 1 aliphatic heterocycles. The molecule has 2 aromatic rings. The number of thioether (sulfide) groups is 1. The molecule has 0 radical (unpaired) electrons. The quantitative estimate of drug-likeness (QED) is 0.547. The van der Waals surface area contributed by atoms with E-state index in [1.54, 1.807) is 18.3 Å². The van der Waals surface area contributed by atoms with Gasteiger partial charge in [0.15, 0.2) is 0 Å². The van der Waals surface area contributed by atoms with Crippen LogP contribution >= 0.6 is 23.4 Å². The molecule has 2 aromatic carbocycles. The molecule has 0 amide bonds. The summed E-state index contributed by atoms with van der Waals surface area (Å²) >= 11 is 7.37. The lowest BCUT2D eigenvalue weighted by atomic mass is 10.0. The lowest BCUT2D eigenvalue weighted by Gasteiger charge is -2.19. The molecule has 0 N–H and O–H groups in total. The Morgan fingerprint density at radius 3 is 2.64 bits per heavy atom. The Bertz CT molecular complexity index is 843. The van der Waals surface area contributed by atoms with Crippen molar-refractivity contribution < 1.29 is 8.78 Å². The van der Waals surface area contributed by atoms with Crippen molar-refractivity contribution in [2.75, 3.05) is 0 Å². The number of hydrogen-bond donors (Lipinski definition) is 0. The van der Waals surface area contributed by atoms with E-state index in [9.17, 15) is 8.78 Å². The predicted octanol–water partition coefficient (Wildman–Crippen LogP) is 6.61. The van der Waals surface area contributed by atoms with Crippen molar-refractivity contribution >= 4 is 29.6 Å². The maximum Gasteiger partial charge on any atom is 0.128 e. The van der Waals surface area contributed by atoms with Crippen molar-refractivity contribution in [3.05, 3.63) is 88.6 Å². The highest BCUT2D eigenvalue weighted by atomic mass is 35.5. The second kappa shape index (κ2) is 7.98. The van der Waals surface area contributed by atoms with E-state index < -0.39 is 16.9 Å². The summed E-state index contributed by atoms with van der Waals surface area (Å²) in [6.45, 7) is 2.01. The maximum atomic E-state index is 14.4. The van der Waals surface area contributed by atoms with Crippen LogP contribution < -0.4 is 0 Å². The average Bonchev–Trinajstić information content (AvgIpc) is 2.81. The third-order valence-corrected chi connectivity index (χ3v) is 5.31. The molecular formula is C20H16ClF2NS.